The van der Waals surface area contributed by atoms with Crippen molar-refractivity contribution in [3.8, 4) is 0 Å². The smallest absolute Gasteiger partial charge is 0.335 e. The van der Waals surface area contributed by atoms with E-state index in [1.165, 1.54) is 16.3 Å². The van der Waals surface area contributed by atoms with Crippen LogP contribution in [0.3, 0.4) is 0 Å². The molecular weight excluding hydrogens is 358 g/mol. The molecular formula is C23H26ClNO2. The maximum absolute atomic E-state index is 11.4. The minimum Gasteiger partial charge on any atom is -0.478 e. The van der Waals surface area contributed by atoms with Crippen LogP contribution >= 0.6 is 12.4 Å². The highest BCUT2D eigenvalue weighted by Crippen LogP contribution is 2.24. The molecule has 0 aliphatic carbocycles. The lowest BCUT2D eigenvalue weighted by Crippen LogP contribution is -2.21. The molecule has 0 aliphatic heterocycles. The molecule has 0 aromatic heterocycles. The third-order valence-electron chi connectivity index (χ3n) is 4.98. The lowest BCUT2D eigenvalue weighted by molar-refractivity contribution is 0.0695. The number of hydrogen-bond acceptors (Lipinski definition) is 2. The molecule has 1 atom stereocenters. The predicted octanol–water partition coefficient (Wildman–Crippen LogP) is 5.55. The van der Waals surface area contributed by atoms with Gasteiger partial charge in [-0.05, 0) is 66.8 Å². The maximum atomic E-state index is 11.4. The van der Waals surface area contributed by atoms with Crippen LogP contribution in [0.2, 0.25) is 0 Å². The number of carboxylic acid groups (broad SMARTS) is 1. The molecule has 27 heavy (non-hydrogen) atoms. The van der Waals surface area contributed by atoms with Crippen LogP contribution in [0.4, 0.5) is 0 Å². The zero-order valence-electron chi connectivity index (χ0n) is 15.7. The number of benzene rings is 3. The third-order valence-corrected chi connectivity index (χ3v) is 4.98. The quantitative estimate of drug-likeness (QED) is 0.526. The number of rotatable bonds is 7. The molecule has 0 fully saturated rings. The lowest BCUT2D eigenvalue weighted by Gasteiger charge is -2.17. The first-order valence-corrected chi connectivity index (χ1v) is 9.10. The maximum Gasteiger partial charge on any atom is 0.335 e. The van der Waals surface area contributed by atoms with E-state index in [1.807, 2.05) is 19.1 Å². The van der Waals surface area contributed by atoms with Gasteiger partial charge in [0.15, 0.2) is 0 Å². The van der Waals surface area contributed by atoms with E-state index in [1.54, 1.807) is 6.07 Å². The fourth-order valence-corrected chi connectivity index (χ4v) is 3.56. The second-order valence-electron chi connectivity index (χ2n) is 6.75. The number of carboxylic acids is 1. The number of nitrogens with one attached hydrogen (secondary N) is 1. The van der Waals surface area contributed by atoms with Gasteiger partial charge in [0.1, 0.15) is 0 Å². The van der Waals surface area contributed by atoms with Crippen LogP contribution in [0.5, 0.6) is 0 Å². The molecule has 0 spiro atoms. The highest BCUT2D eigenvalue weighted by molar-refractivity contribution is 5.89. The Morgan fingerprint density at radius 2 is 1.74 bits per heavy atom. The van der Waals surface area contributed by atoms with Crippen molar-refractivity contribution in [2.75, 3.05) is 6.54 Å². The van der Waals surface area contributed by atoms with Crippen molar-refractivity contribution in [3.05, 3.63) is 82.9 Å². The van der Waals surface area contributed by atoms with Crippen LogP contribution in [-0.4, -0.2) is 17.6 Å². The highest BCUT2D eigenvalue weighted by atomic mass is 35.5. The summed E-state index contributed by atoms with van der Waals surface area (Å²) >= 11 is 0. The monoisotopic (exact) mass is 383 g/mol. The summed E-state index contributed by atoms with van der Waals surface area (Å²) in [5, 5.41) is 15.5. The molecule has 3 aromatic carbocycles. The minimum absolute atomic E-state index is 0. The Morgan fingerprint density at radius 3 is 2.52 bits per heavy atom. The van der Waals surface area contributed by atoms with E-state index in [9.17, 15) is 9.90 Å². The van der Waals surface area contributed by atoms with Crippen molar-refractivity contribution in [3.63, 3.8) is 0 Å². The summed E-state index contributed by atoms with van der Waals surface area (Å²) in [7, 11) is 0. The second-order valence-corrected chi connectivity index (χ2v) is 6.75. The van der Waals surface area contributed by atoms with E-state index >= 15 is 0 Å². The Balaban J connectivity index is 0.00000261. The van der Waals surface area contributed by atoms with Crippen LogP contribution in [0.1, 0.15) is 46.4 Å². The summed E-state index contributed by atoms with van der Waals surface area (Å²) < 4.78 is 0. The third kappa shape index (κ3) is 4.88. The van der Waals surface area contributed by atoms with Gasteiger partial charge in [0.25, 0.3) is 0 Å². The topological polar surface area (TPSA) is 49.3 Å². The van der Waals surface area contributed by atoms with Gasteiger partial charge in [0, 0.05) is 6.04 Å². The standard InChI is InChI=1S/C23H25NO2.ClH/c1-16-8-5-13-22(23(25)26)19(16)14-7-15-24-17(2)20-12-6-10-18-9-3-4-11-21(18)20;/h3-6,8-13,17,24H,7,14-15H2,1-2H3,(H,25,26);1H. The van der Waals surface area contributed by atoms with Crippen molar-refractivity contribution in [1.29, 1.82) is 0 Å². The first kappa shape index (κ1) is 20.9. The summed E-state index contributed by atoms with van der Waals surface area (Å²) in [5.41, 5.74) is 3.71. The van der Waals surface area contributed by atoms with Crippen LogP contribution in [0.25, 0.3) is 10.8 Å². The zero-order valence-corrected chi connectivity index (χ0v) is 16.6. The Kier molecular flexibility index (Phi) is 7.40. The van der Waals surface area contributed by atoms with Gasteiger partial charge in [0.05, 0.1) is 5.56 Å². The summed E-state index contributed by atoms with van der Waals surface area (Å²) in [6.07, 6.45) is 1.67. The van der Waals surface area contributed by atoms with Crippen molar-refractivity contribution >= 4 is 29.1 Å². The molecule has 0 radical (unpaired) electrons. The van der Waals surface area contributed by atoms with Gasteiger partial charge in [-0.1, -0.05) is 54.6 Å². The van der Waals surface area contributed by atoms with Crippen molar-refractivity contribution in [2.24, 2.45) is 0 Å². The predicted molar refractivity (Wildman–Crippen MR) is 114 cm³/mol. The van der Waals surface area contributed by atoms with E-state index in [4.69, 9.17) is 0 Å². The van der Waals surface area contributed by atoms with Gasteiger partial charge in [-0.15, -0.1) is 12.4 Å². The SMILES string of the molecule is Cc1cccc(C(=O)O)c1CCCNC(C)c1cccc2ccccc12.Cl. The Hall–Kier alpha value is -2.36. The average molecular weight is 384 g/mol. The summed E-state index contributed by atoms with van der Waals surface area (Å²) in [4.78, 5) is 11.4. The van der Waals surface area contributed by atoms with E-state index in [0.29, 0.717) is 5.56 Å². The molecule has 0 amide bonds. The number of fused-ring (bicyclic) bond motifs is 1. The highest BCUT2D eigenvalue weighted by Gasteiger charge is 2.12. The van der Waals surface area contributed by atoms with Gasteiger partial charge < -0.3 is 10.4 Å². The fourth-order valence-electron chi connectivity index (χ4n) is 3.56. The van der Waals surface area contributed by atoms with Gasteiger partial charge in [-0.3, -0.25) is 0 Å². The first-order chi connectivity index (χ1) is 12.6. The van der Waals surface area contributed by atoms with Crippen LogP contribution < -0.4 is 5.32 Å². The van der Waals surface area contributed by atoms with Gasteiger partial charge in [-0.25, -0.2) is 4.79 Å². The minimum atomic E-state index is -0.846. The van der Waals surface area contributed by atoms with Crippen molar-refractivity contribution < 1.29 is 9.90 Å². The lowest BCUT2D eigenvalue weighted by atomic mass is 9.97. The number of halogens is 1. The van der Waals surface area contributed by atoms with E-state index in [0.717, 1.165) is 30.5 Å². The van der Waals surface area contributed by atoms with Crippen molar-refractivity contribution in [2.45, 2.75) is 32.7 Å². The first-order valence-electron chi connectivity index (χ1n) is 9.10. The zero-order chi connectivity index (χ0) is 18.5. The largest absolute Gasteiger partial charge is 0.478 e. The molecule has 1 unspecified atom stereocenters. The fraction of sp³-hybridized carbons (Fsp3) is 0.261. The molecule has 142 valence electrons. The molecule has 0 aliphatic rings. The van der Waals surface area contributed by atoms with Gasteiger partial charge >= 0.3 is 5.97 Å². The number of aryl methyl sites for hydroxylation is 1. The second kappa shape index (κ2) is 9.54. The molecule has 0 saturated carbocycles. The molecule has 3 aromatic rings. The molecule has 0 saturated heterocycles. The Bertz CT molecular complexity index is 918. The van der Waals surface area contributed by atoms with E-state index < -0.39 is 5.97 Å². The number of hydrogen-bond donors (Lipinski definition) is 2. The molecule has 0 bridgehead atoms. The Labute approximate surface area is 166 Å². The molecule has 2 N–H and O–H groups in total. The van der Waals surface area contributed by atoms with E-state index in [-0.39, 0.29) is 18.4 Å². The number of carbonyl (C=O) groups is 1. The van der Waals surface area contributed by atoms with Gasteiger partial charge in [-0.2, -0.15) is 0 Å². The molecule has 3 rings (SSSR count). The number of aromatic carboxylic acids is 1. The van der Waals surface area contributed by atoms with Crippen LogP contribution in [0, 0.1) is 6.92 Å². The van der Waals surface area contributed by atoms with E-state index in [2.05, 4.69) is 54.7 Å². The summed E-state index contributed by atoms with van der Waals surface area (Å²) in [6, 6.07) is 20.6. The summed E-state index contributed by atoms with van der Waals surface area (Å²) in [6.45, 7) is 5.00. The van der Waals surface area contributed by atoms with Crippen molar-refractivity contribution in [1.82, 2.24) is 5.32 Å². The van der Waals surface area contributed by atoms with Gasteiger partial charge in [0.2, 0.25) is 0 Å². The average Bonchev–Trinajstić information content (AvgIpc) is 2.65. The summed E-state index contributed by atoms with van der Waals surface area (Å²) in [5.74, 6) is -0.846. The molecule has 0 heterocycles. The van der Waals surface area contributed by atoms with Crippen LogP contribution in [-0.2, 0) is 6.42 Å². The normalized spacial score (nSPS) is 11.8. The molecule has 3 nitrogen and oxygen atoms in total. The molecule has 4 heteroatoms. The Morgan fingerprint density at radius 1 is 1.04 bits per heavy atom. The van der Waals surface area contributed by atoms with Crippen LogP contribution in [0.15, 0.2) is 60.7 Å².